The molecule has 0 aliphatic carbocycles. The number of thiol groups is 1. The van der Waals surface area contributed by atoms with Gasteiger partial charge in [0.2, 0.25) is 0 Å². The third-order valence-electron chi connectivity index (χ3n) is 1.59. The minimum absolute atomic E-state index is 0.0141. The van der Waals surface area contributed by atoms with E-state index in [4.69, 9.17) is 5.26 Å². The van der Waals surface area contributed by atoms with Crippen molar-refractivity contribution in [1.82, 2.24) is 0 Å². The SMILES string of the molecule is COC(=O)c1c(S)cc(F)cc1C#N. The van der Waals surface area contributed by atoms with E-state index >= 15 is 0 Å². The number of benzene rings is 1. The molecule has 1 aromatic rings. The summed E-state index contributed by atoms with van der Waals surface area (Å²) < 4.78 is 17.2. The largest absolute Gasteiger partial charge is 0.465 e. The molecule has 0 N–H and O–H groups in total. The lowest BCUT2D eigenvalue weighted by Crippen LogP contribution is -2.06. The summed E-state index contributed by atoms with van der Waals surface area (Å²) in [6.07, 6.45) is 0. The van der Waals surface area contributed by atoms with E-state index in [1.54, 1.807) is 6.07 Å². The third kappa shape index (κ3) is 1.86. The molecular weight excluding hydrogens is 205 g/mol. The number of carbonyl (C=O) groups excluding carboxylic acids is 1. The van der Waals surface area contributed by atoms with Crippen LogP contribution in [0.25, 0.3) is 0 Å². The molecule has 0 heterocycles. The molecule has 1 aromatic carbocycles. The Kier molecular flexibility index (Phi) is 3.10. The van der Waals surface area contributed by atoms with Crippen molar-refractivity contribution in [2.75, 3.05) is 7.11 Å². The summed E-state index contributed by atoms with van der Waals surface area (Å²) in [4.78, 5) is 11.3. The first-order valence-corrected chi connectivity index (χ1v) is 4.05. The van der Waals surface area contributed by atoms with Crippen LogP contribution in [-0.2, 0) is 4.74 Å². The van der Waals surface area contributed by atoms with E-state index in [1.807, 2.05) is 0 Å². The predicted octanol–water partition coefficient (Wildman–Crippen LogP) is 1.77. The topological polar surface area (TPSA) is 50.1 Å². The zero-order chi connectivity index (χ0) is 10.7. The lowest BCUT2D eigenvalue weighted by atomic mass is 10.1. The van der Waals surface area contributed by atoms with Gasteiger partial charge in [0.25, 0.3) is 0 Å². The minimum atomic E-state index is -0.702. The van der Waals surface area contributed by atoms with Gasteiger partial charge in [0.1, 0.15) is 11.9 Å². The average molecular weight is 211 g/mol. The van der Waals surface area contributed by atoms with Crippen LogP contribution in [-0.4, -0.2) is 13.1 Å². The Balaban J connectivity index is 3.42. The Morgan fingerprint density at radius 1 is 1.64 bits per heavy atom. The van der Waals surface area contributed by atoms with Crippen LogP contribution in [0.5, 0.6) is 0 Å². The molecule has 14 heavy (non-hydrogen) atoms. The maximum absolute atomic E-state index is 12.8. The Bertz CT molecular complexity index is 426. The van der Waals surface area contributed by atoms with E-state index in [2.05, 4.69) is 17.4 Å². The molecule has 1 rings (SSSR count). The first kappa shape index (κ1) is 10.5. The molecule has 0 fully saturated rings. The first-order chi connectivity index (χ1) is 6.60. The first-order valence-electron chi connectivity index (χ1n) is 3.61. The number of rotatable bonds is 1. The number of ether oxygens (including phenoxy) is 1. The summed E-state index contributed by atoms with van der Waals surface area (Å²) in [6, 6.07) is 3.72. The molecule has 0 atom stereocenters. The van der Waals surface area contributed by atoms with Crippen molar-refractivity contribution in [3.05, 3.63) is 29.1 Å². The summed E-state index contributed by atoms with van der Waals surface area (Å²) in [6.45, 7) is 0. The standard InChI is InChI=1S/C9H6FNO2S/c1-13-9(12)8-5(4-11)2-6(10)3-7(8)14/h2-3,14H,1H3. The Morgan fingerprint density at radius 3 is 2.79 bits per heavy atom. The Morgan fingerprint density at radius 2 is 2.29 bits per heavy atom. The monoisotopic (exact) mass is 211 g/mol. The van der Waals surface area contributed by atoms with E-state index in [1.165, 1.54) is 7.11 Å². The van der Waals surface area contributed by atoms with Crippen molar-refractivity contribution in [3.63, 3.8) is 0 Å². The second kappa shape index (κ2) is 4.11. The lowest BCUT2D eigenvalue weighted by molar-refractivity contribution is 0.0596. The van der Waals surface area contributed by atoms with Crippen LogP contribution in [0.15, 0.2) is 17.0 Å². The van der Waals surface area contributed by atoms with Crippen LogP contribution >= 0.6 is 12.6 Å². The van der Waals surface area contributed by atoms with Crippen LogP contribution in [0, 0.1) is 17.1 Å². The number of hydrogen-bond acceptors (Lipinski definition) is 4. The number of carbonyl (C=O) groups is 1. The van der Waals surface area contributed by atoms with Crippen molar-refractivity contribution in [2.45, 2.75) is 4.90 Å². The van der Waals surface area contributed by atoms with E-state index in [-0.39, 0.29) is 16.0 Å². The number of nitriles is 1. The fourth-order valence-corrected chi connectivity index (χ4v) is 1.33. The normalized spacial score (nSPS) is 9.29. The van der Waals surface area contributed by atoms with Gasteiger partial charge in [0.05, 0.1) is 18.2 Å². The van der Waals surface area contributed by atoms with Gasteiger partial charge in [-0.25, -0.2) is 9.18 Å². The molecule has 5 heteroatoms. The number of halogens is 1. The van der Waals surface area contributed by atoms with Gasteiger partial charge in [-0.05, 0) is 12.1 Å². The zero-order valence-electron chi connectivity index (χ0n) is 7.24. The number of nitrogens with zero attached hydrogens (tertiary/aromatic N) is 1. The molecular formula is C9H6FNO2S. The highest BCUT2D eigenvalue weighted by Crippen LogP contribution is 2.20. The fourth-order valence-electron chi connectivity index (χ4n) is 0.997. The maximum atomic E-state index is 12.8. The summed E-state index contributed by atoms with van der Waals surface area (Å²) >= 11 is 3.89. The van der Waals surface area contributed by atoms with Gasteiger partial charge >= 0.3 is 5.97 Å². The molecule has 0 amide bonds. The van der Waals surface area contributed by atoms with Crippen LogP contribution in [0.4, 0.5) is 4.39 Å². The Labute approximate surface area is 85.5 Å². The van der Waals surface area contributed by atoms with E-state index in [9.17, 15) is 9.18 Å². The number of hydrogen-bond donors (Lipinski definition) is 1. The van der Waals surface area contributed by atoms with Crippen LogP contribution in [0.1, 0.15) is 15.9 Å². The van der Waals surface area contributed by atoms with Crippen LogP contribution in [0.3, 0.4) is 0 Å². The summed E-state index contributed by atoms with van der Waals surface area (Å²) in [5.41, 5.74) is -0.0958. The van der Waals surface area contributed by atoms with Gasteiger partial charge in [0, 0.05) is 4.90 Å². The maximum Gasteiger partial charge on any atom is 0.340 e. The van der Waals surface area contributed by atoms with Gasteiger partial charge in [-0.1, -0.05) is 0 Å². The summed E-state index contributed by atoms with van der Waals surface area (Å²) in [5, 5.41) is 8.65. The minimum Gasteiger partial charge on any atom is -0.465 e. The van der Waals surface area contributed by atoms with Gasteiger partial charge in [-0.2, -0.15) is 5.26 Å². The second-order valence-electron chi connectivity index (χ2n) is 2.45. The van der Waals surface area contributed by atoms with Crippen molar-refractivity contribution >= 4 is 18.6 Å². The molecule has 0 saturated heterocycles. The molecule has 0 aromatic heterocycles. The van der Waals surface area contributed by atoms with Gasteiger partial charge in [-0.15, -0.1) is 12.6 Å². The molecule has 0 aliphatic rings. The lowest BCUT2D eigenvalue weighted by Gasteiger charge is -2.04. The van der Waals surface area contributed by atoms with Gasteiger partial charge < -0.3 is 4.74 Å². The highest BCUT2D eigenvalue weighted by atomic mass is 32.1. The van der Waals surface area contributed by atoms with Crippen molar-refractivity contribution in [1.29, 1.82) is 5.26 Å². The summed E-state index contributed by atoms with van der Waals surface area (Å²) in [5.74, 6) is -1.31. The number of methoxy groups -OCH3 is 1. The molecule has 0 unspecified atom stereocenters. The molecule has 72 valence electrons. The highest BCUT2D eigenvalue weighted by Gasteiger charge is 2.16. The molecule has 3 nitrogen and oxygen atoms in total. The summed E-state index contributed by atoms with van der Waals surface area (Å²) in [7, 11) is 1.18. The predicted molar refractivity (Wildman–Crippen MR) is 49.7 cm³/mol. The highest BCUT2D eigenvalue weighted by molar-refractivity contribution is 7.80. The Hall–Kier alpha value is -1.54. The van der Waals surface area contributed by atoms with Gasteiger partial charge in [0.15, 0.2) is 0 Å². The molecule has 0 bridgehead atoms. The van der Waals surface area contributed by atoms with E-state index in [0.717, 1.165) is 12.1 Å². The fraction of sp³-hybridized carbons (Fsp3) is 0.111. The molecule has 0 aliphatic heterocycles. The van der Waals surface area contributed by atoms with Crippen molar-refractivity contribution < 1.29 is 13.9 Å². The second-order valence-corrected chi connectivity index (χ2v) is 2.93. The number of esters is 1. The quantitative estimate of drug-likeness (QED) is 0.569. The van der Waals surface area contributed by atoms with Gasteiger partial charge in [-0.3, -0.25) is 0 Å². The average Bonchev–Trinajstić information content (AvgIpc) is 2.15. The molecule has 0 spiro atoms. The van der Waals surface area contributed by atoms with Crippen molar-refractivity contribution in [3.8, 4) is 6.07 Å². The van der Waals surface area contributed by atoms with Crippen LogP contribution < -0.4 is 0 Å². The molecule has 0 radical (unpaired) electrons. The molecule has 0 saturated carbocycles. The smallest absolute Gasteiger partial charge is 0.340 e. The van der Waals surface area contributed by atoms with Crippen LogP contribution in [0.2, 0.25) is 0 Å². The van der Waals surface area contributed by atoms with Crippen molar-refractivity contribution in [2.24, 2.45) is 0 Å². The van der Waals surface area contributed by atoms with E-state index < -0.39 is 11.8 Å². The zero-order valence-corrected chi connectivity index (χ0v) is 8.14. The third-order valence-corrected chi connectivity index (χ3v) is 1.94. The van der Waals surface area contributed by atoms with E-state index in [0.29, 0.717) is 0 Å².